The minimum Gasteiger partial charge on any atom is -0.549 e. The maximum Gasteiger partial charge on any atom is 0.317 e. The Morgan fingerprint density at radius 1 is 0.738 bits per heavy atom. The van der Waals surface area contributed by atoms with E-state index in [0.717, 1.165) is 0 Å². The van der Waals surface area contributed by atoms with Crippen molar-refractivity contribution in [2.45, 2.75) is 52.0 Å². The van der Waals surface area contributed by atoms with Gasteiger partial charge in [0.2, 0.25) is 5.91 Å². The Hall–Kier alpha value is -3.14. The van der Waals surface area contributed by atoms with Gasteiger partial charge in [-0.15, -0.1) is 0 Å². The number of hydrogen-bond acceptors (Lipinski definition) is 12. The highest BCUT2D eigenvalue weighted by Crippen LogP contribution is 2.13. The Morgan fingerprint density at radius 2 is 1.26 bits per heavy atom. The smallest absolute Gasteiger partial charge is 0.317 e. The Balaban J connectivity index is 3.01. The van der Waals surface area contributed by atoms with Crippen LogP contribution in [0.2, 0.25) is 0 Å². The van der Waals surface area contributed by atoms with Gasteiger partial charge in [0, 0.05) is 90.2 Å². The van der Waals surface area contributed by atoms with Crippen molar-refractivity contribution in [2.24, 2.45) is 5.92 Å². The van der Waals surface area contributed by atoms with Gasteiger partial charge >= 0.3 is 11.9 Å². The van der Waals surface area contributed by atoms with E-state index in [2.05, 4.69) is 5.32 Å². The van der Waals surface area contributed by atoms with Crippen LogP contribution in [0.3, 0.4) is 0 Å². The molecule has 15 heteroatoms. The van der Waals surface area contributed by atoms with Crippen LogP contribution in [0.5, 0.6) is 0 Å². The van der Waals surface area contributed by atoms with Crippen LogP contribution in [0.4, 0.5) is 0 Å². The Kier molecular flexibility index (Phi) is 17.5. The van der Waals surface area contributed by atoms with Gasteiger partial charge in [-0.1, -0.05) is 20.3 Å². The lowest BCUT2D eigenvalue weighted by atomic mass is 10.0. The Bertz CT molecular complexity index is 916. The van der Waals surface area contributed by atoms with Crippen LogP contribution >= 0.6 is 0 Å². The van der Waals surface area contributed by atoms with E-state index in [9.17, 15) is 49.2 Å². The largest absolute Gasteiger partial charge is 0.549 e. The second-order valence-electron chi connectivity index (χ2n) is 10.9. The third kappa shape index (κ3) is 17.0. The number of aliphatic carboxylic acids is 4. The van der Waals surface area contributed by atoms with Crippen molar-refractivity contribution in [3.8, 4) is 0 Å². The van der Waals surface area contributed by atoms with Crippen LogP contribution in [-0.4, -0.2) is 150 Å². The first-order valence-electron chi connectivity index (χ1n) is 14.3. The van der Waals surface area contributed by atoms with Crippen LogP contribution in [0.1, 0.15) is 46.0 Å². The van der Waals surface area contributed by atoms with Gasteiger partial charge in [0.1, 0.15) is 5.78 Å². The van der Waals surface area contributed by atoms with Crippen LogP contribution in [0.15, 0.2) is 0 Å². The molecule has 1 unspecified atom stereocenters. The lowest BCUT2D eigenvalue weighted by Crippen LogP contribution is -2.54. The average Bonchev–Trinajstić information content (AvgIpc) is 2.87. The zero-order chi connectivity index (χ0) is 31.7. The number of amides is 1. The molecule has 0 aromatic rings. The molecule has 0 radical (unpaired) electrons. The zero-order valence-corrected chi connectivity index (χ0v) is 24.6. The summed E-state index contributed by atoms with van der Waals surface area (Å²) in [5.74, 6) is -5.18. The summed E-state index contributed by atoms with van der Waals surface area (Å²) >= 11 is 0. The fourth-order valence-corrected chi connectivity index (χ4v) is 4.77. The first kappa shape index (κ1) is 36.9. The summed E-state index contributed by atoms with van der Waals surface area (Å²) in [6, 6.07) is -0.430. The van der Waals surface area contributed by atoms with E-state index in [1.54, 1.807) is 33.4 Å². The summed E-state index contributed by atoms with van der Waals surface area (Å²) in [5, 5.41) is 44.5. The zero-order valence-electron chi connectivity index (χ0n) is 24.6. The quantitative estimate of drug-likeness (QED) is 0.139. The molecule has 240 valence electrons. The molecule has 1 amide bonds. The number of nitrogens with one attached hydrogen (secondary N) is 1. The standard InChI is InChI=1S/C27H47N5O10/c1-20(2)22(33)6-7-23(34)28-8-4-3-5-21-15-31(18-26(39)40)12-11-29(16-24(35)36)9-10-30(17-25(37)38)13-14-32(21)19-27(41)42/h20-21H,3-19H2,1-2H3,(H,28,34)(H,35,36)(H,37,38)(H,39,40)(H,41,42)/p-2. The second-order valence-corrected chi connectivity index (χ2v) is 10.9. The number of carboxylic acids is 4. The number of nitrogens with zero attached hydrogens (tertiary/aromatic N) is 4. The van der Waals surface area contributed by atoms with E-state index >= 15 is 0 Å². The summed E-state index contributed by atoms with van der Waals surface area (Å²) in [7, 11) is 0. The van der Waals surface area contributed by atoms with E-state index in [4.69, 9.17) is 0 Å². The SMILES string of the molecule is CC(C)C(=O)CCC(=O)NCCCCC1CN(CC(=O)[O-])CCN(CC(=O)[O-])CCN(CC(=O)O)CCN1CC(=O)O. The molecular formula is C27H45N5O10-2. The first-order valence-corrected chi connectivity index (χ1v) is 14.3. The number of carboxylic acid groups (broad SMARTS) is 4. The van der Waals surface area contributed by atoms with Crippen molar-refractivity contribution >= 4 is 35.6 Å². The van der Waals surface area contributed by atoms with Crippen molar-refractivity contribution < 1.29 is 49.2 Å². The van der Waals surface area contributed by atoms with Crippen molar-refractivity contribution in [3.63, 3.8) is 0 Å². The maximum atomic E-state index is 12.1. The minimum absolute atomic E-state index is 0.0111. The van der Waals surface area contributed by atoms with Crippen molar-refractivity contribution in [3.05, 3.63) is 0 Å². The molecule has 15 nitrogen and oxygen atoms in total. The number of carbonyl (C=O) groups excluding carboxylic acids is 4. The molecule has 42 heavy (non-hydrogen) atoms. The number of unbranched alkanes of at least 4 members (excludes halogenated alkanes) is 1. The molecule has 1 fully saturated rings. The van der Waals surface area contributed by atoms with E-state index in [1.165, 1.54) is 0 Å². The Labute approximate surface area is 246 Å². The summed E-state index contributed by atoms with van der Waals surface area (Å²) < 4.78 is 0. The predicted molar refractivity (Wildman–Crippen MR) is 146 cm³/mol. The number of ketones is 1. The molecule has 1 atom stereocenters. The third-order valence-corrected chi connectivity index (χ3v) is 7.09. The molecule has 0 saturated carbocycles. The van der Waals surface area contributed by atoms with E-state index in [-0.39, 0.29) is 89.4 Å². The number of Topliss-reactive ketones (excluding diaryl/α,β-unsaturated/α-hetero) is 1. The molecule has 1 rings (SSSR count). The monoisotopic (exact) mass is 599 g/mol. The summed E-state index contributed by atoms with van der Waals surface area (Å²) in [5.41, 5.74) is 0. The fraction of sp³-hybridized carbons (Fsp3) is 0.778. The van der Waals surface area contributed by atoms with Gasteiger partial charge in [0.05, 0.1) is 25.0 Å². The Morgan fingerprint density at radius 3 is 1.81 bits per heavy atom. The highest BCUT2D eigenvalue weighted by atomic mass is 16.4. The highest BCUT2D eigenvalue weighted by Gasteiger charge is 2.26. The fourth-order valence-electron chi connectivity index (χ4n) is 4.77. The molecule has 0 aromatic heterocycles. The third-order valence-electron chi connectivity index (χ3n) is 7.09. The second kappa shape index (κ2) is 19.9. The molecule has 0 aromatic carbocycles. The number of carbonyl (C=O) groups is 6. The van der Waals surface area contributed by atoms with Gasteiger partial charge in [0.15, 0.2) is 0 Å². The van der Waals surface area contributed by atoms with Gasteiger partial charge in [0.25, 0.3) is 0 Å². The molecule has 0 spiro atoms. The molecule has 0 bridgehead atoms. The predicted octanol–water partition coefficient (Wildman–Crippen LogP) is -3.46. The molecule has 1 aliphatic heterocycles. The molecule has 1 heterocycles. The van der Waals surface area contributed by atoms with Crippen LogP contribution in [0.25, 0.3) is 0 Å². The minimum atomic E-state index is -1.33. The van der Waals surface area contributed by atoms with Crippen LogP contribution in [-0.2, 0) is 28.8 Å². The lowest BCUT2D eigenvalue weighted by Gasteiger charge is -2.38. The summed E-state index contributed by atoms with van der Waals surface area (Å²) in [6.07, 6.45) is 1.86. The highest BCUT2D eigenvalue weighted by molar-refractivity contribution is 5.85. The molecular weight excluding hydrogens is 554 g/mol. The van der Waals surface area contributed by atoms with Gasteiger partial charge in [-0.2, -0.15) is 0 Å². The number of rotatable bonds is 17. The topological polar surface area (TPSA) is 214 Å². The van der Waals surface area contributed by atoms with E-state index in [1.807, 2.05) is 0 Å². The van der Waals surface area contributed by atoms with Crippen LogP contribution < -0.4 is 15.5 Å². The van der Waals surface area contributed by atoms with E-state index in [0.29, 0.717) is 25.8 Å². The summed E-state index contributed by atoms with van der Waals surface area (Å²) in [6.45, 7) is 3.65. The number of hydrogen-bond donors (Lipinski definition) is 3. The summed E-state index contributed by atoms with van der Waals surface area (Å²) in [4.78, 5) is 76.2. The first-order chi connectivity index (χ1) is 19.8. The molecule has 1 aliphatic rings. The van der Waals surface area contributed by atoms with Gasteiger partial charge < -0.3 is 35.3 Å². The van der Waals surface area contributed by atoms with Crippen molar-refractivity contribution in [1.29, 1.82) is 0 Å². The van der Waals surface area contributed by atoms with Crippen LogP contribution in [0, 0.1) is 5.92 Å². The normalized spacial score (nSPS) is 18.6. The lowest BCUT2D eigenvalue weighted by molar-refractivity contribution is -0.308. The van der Waals surface area contributed by atoms with Gasteiger partial charge in [-0.3, -0.25) is 38.8 Å². The van der Waals surface area contributed by atoms with Crippen molar-refractivity contribution in [2.75, 3.05) is 78.5 Å². The molecule has 0 aliphatic carbocycles. The maximum absolute atomic E-state index is 12.1. The van der Waals surface area contributed by atoms with Crippen molar-refractivity contribution in [1.82, 2.24) is 24.9 Å². The van der Waals surface area contributed by atoms with Gasteiger partial charge in [-0.05, 0) is 12.8 Å². The average molecular weight is 600 g/mol. The van der Waals surface area contributed by atoms with Gasteiger partial charge in [-0.25, -0.2) is 0 Å². The molecule has 1 saturated heterocycles. The molecule has 3 N–H and O–H groups in total. The van der Waals surface area contributed by atoms with E-state index < -0.39 is 43.0 Å².